The molecule has 0 fully saturated rings. The van der Waals surface area contributed by atoms with E-state index < -0.39 is 5.82 Å². The minimum absolute atomic E-state index is 0.171. The minimum Gasteiger partial charge on any atom is -0.495 e. The molecule has 4 nitrogen and oxygen atoms in total. The Labute approximate surface area is 130 Å². The molecule has 0 aromatic heterocycles. The third kappa shape index (κ3) is 3.44. The number of hydrogen-bond donors (Lipinski definition) is 1. The lowest BCUT2D eigenvalue weighted by molar-refractivity contribution is 0.306. The number of halogens is 2. The first kappa shape index (κ1) is 15.1. The van der Waals surface area contributed by atoms with Gasteiger partial charge in [0.15, 0.2) is 0 Å². The van der Waals surface area contributed by atoms with Gasteiger partial charge in [-0.05, 0) is 39.7 Å². The average Bonchev–Trinajstić information content (AvgIpc) is 2.49. The van der Waals surface area contributed by atoms with Crippen LogP contribution in [0.15, 0.2) is 34.8 Å². The molecule has 2 aromatic carbocycles. The number of rotatable bonds is 4. The quantitative estimate of drug-likeness (QED) is 0.854. The summed E-state index contributed by atoms with van der Waals surface area (Å²) in [6.07, 6.45) is 0. The van der Waals surface area contributed by atoms with Crippen molar-refractivity contribution in [3.05, 3.63) is 51.7 Å². The van der Waals surface area contributed by atoms with Gasteiger partial charge in [0.2, 0.25) is 0 Å². The molecule has 0 atom stereocenters. The lowest BCUT2D eigenvalue weighted by atomic mass is 10.1. The molecule has 0 unspecified atom stereocenters. The summed E-state index contributed by atoms with van der Waals surface area (Å²) in [5, 5.41) is 9.02. The highest BCUT2D eigenvalue weighted by molar-refractivity contribution is 9.10. The Morgan fingerprint density at radius 2 is 2.05 bits per heavy atom. The maximum absolute atomic E-state index is 13.5. The Morgan fingerprint density at radius 3 is 2.71 bits per heavy atom. The van der Waals surface area contributed by atoms with E-state index in [1.165, 1.54) is 19.2 Å². The maximum atomic E-state index is 13.5. The van der Waals surface area contributed by atoms with Gasteiger partial charge >= 0.3 is 0 Å². The zero-order valence-corrected chi connectivity index (χ0v) is 12.8. The fourth-order valence-corrected chi connectivity index (χ4v) is 2.12. The van der Waals surface area contributed by atoms with Gasteiger partial charge < -0.3 is 15.2 Å². The molecule has 2 N–H and O–H groups in total. The first-order valence-electron chi connectivity index (χ1n) is 5.99. The Morgan fingerprint density at radius 1 is 1.29 bits per heavy atom. The summed E-state index contributed by atoms with van der Waals surface area (Å²) < 4.78 is 24.3. The molecular weight excluding hydrogens is 339 g/mol. The van der Waals surface area contributed by atoms with E-state index in [4.69, 9.17) is 20.5 Å². The molecule has 0 aliphatic rings. The van der Waals surface area contributed by atoms with Gasteiger partial charge in [-0.15, -0.1) is 0 Å². The van der Waals surface area contributed by atoms with Crippen LogP contribution in [-0.2, 0) is 6.61 Å². The predicted molar refractivity (Wildman–Crippen MR) is 80.6 cm³/mol. The third-order valence-electron chi connectivity index (χ3n) is 2.83. The highest BCUT2D eigenvalue weighted by atomic mass is 79.9. The fraction of sp³-hybridized carbons (Fsp3) is 0.133. The van der Waals surface area contributed by atoms with Gasteiger partial charge in [0.05, 0.1) is 22.8 Å². The van der Waals surface area contributed by atoms with Gasteiger partial charge in [-0.25, -0.2) is 4.39 Å². The van der Waals surface area contributed by atoms with E-state index in [1.807, 2.05) is 6.07 Å². The summed E-state index contributed by atoms with van der Waals surface area (Å²) in [6, 6.07) is 9.81. The van der Waals surface area contributed by atoms with Crippen LogP contribution >= 0.6 is 15.9 Å². The maximum Gasteiger partial charge on any atom is 0.145 e. The standard InChI is InChI=1S/C15H12BrFN2O2/c1-20-14-3-2-9(4-10(14)7-18)8-21-15-6-12(17)11(16)5-13(15)19/h2-6H,8,19H2,1H3. The molecule has 0 heterocycles. The second-order valence-electron chi connectivity index (χ2n) is 4.24. The summed E-state index contributed by atoms with van der Waals surface area (Å²) in [5.74, 6) is 0.298. The highest BCUT2D eigenvalue weighted by Crippen LogP contribution is 2.29. The summed E-state index contributed by atoms with van der Waals surface area (Å²) in [4.78, 5) is 0. The van der Waals surface area contributed by atoms with Gasteiger partial charge in [0.1, 0.15) is 30.0 Å². The molecule has 0 saturated carbocycles. The number of methoxy groups -OCH3 is 1. The first-order chi connectivity index (χ1) is 10.0. The molecule has 0 radical (unpaired) electrons. The molecule has 0 spiro atoms. The van der Waals surface area contributed by atoms with E-state index in [0.717, 1.165) is 5.56 Å². The van der Waals surface area contributed by atoms with E-state index in [-0.39, 0.29) is 16.8 Å². The van der Waals surface area contributed by atoms with Crippen LogP contribution in [0.3, 0.4) is 0 Å². The third-order valence-corrected chi connectivity index (χ3v) is 3.44. The molecule has 0 amide bonds. The van der Waals surface area contributed by atoms with Crippen LogP contribution in [0.1, 0.15) is 11.1 Å². The number of benzene rings is 2. The number of nitriles is 1. The number of hydrogen-bond acceptors (Lipinski definition) is 4. The molecule has 2 aromatic rings. The number of nitrogen functional groups attached to an aromatic ring is 1. The largest absolute Gasteiger partial charge is 0.495 e. The van der Waals surface area contributed by atoms with Crippen molar-refractivity contribution in [3.63, 3.8) is 0 Å². The van der Waals surface area contributed by atoms with Crippen LogP contribution in [0.2, 0.25) is 0 Å². The molecule has 108 valence electrons. The van der Waals surface area contributed by atoms with Gasteiger partial charge in [-0.1, -0.05) is 6.07 Å². The van der Waals surface area contributed by atoms with Gasteiger partial charge in [-0.3, -0.25) is 0 Å². The topological polar surface area (TPSA) is 68.3 Å². The molecule has 21 heavy (non-hydrogen) atoms. The van der Waals surface area contributed by atoms with E-state index in [1.54, 1.807) is 18.2 Å². The van der Waals surface area contributed by atoms with Crippen LogP contribution in [-0.4, -0.2) is 7.11 Å². The van der Waals surface area contributed by atoms with Gasteiger partial charge in [-0.2, -0.15) is 5.26 Å². The lowest BCUT2D eigenvalue weighted by Gasteiger charge is -2.11. The molecule has 2 rings (SSSR count). The normalized spacial score (nSPS) is 10.0. The summed E-state index contributed by atoms with van der Waals surface area (Å²) in [7, 11) is 1.50. The van der Waals surface area contributed by atoms with Crippen molar-refractivity contribution in [1.82, 2.24) is 0 Å². The molecule has 0 aliphatic heterocycles. The van der Waals surface area contributed by atoms with Crippen LogP contribution < -0.4 is 15.2 Å². The summed E-state index contributed by atoms with van der Waals surface area (Å²) in [6.45, 7) is 0.171. The molecule has 0 aliphatic carbocycles. The van der Waals surface area contributed by atoms with Crippen molar-refractivity contribution in [2.45, 2.75) is 6.61 Å². The monoisotopic (exact) mass is 350 g/mol. The zero-order valence-electron chi connectivity index (χ0n) is 11.2. The number of anilines is 1. The van der Waals surface area contributed by atoms with E-state index in [9.17, 15) is 4.39 Å². The molecular formula is C15H12BrFN2O2. The van der Waals surface area contributed by atoms with Crippen molar-refractivity contribution < 1.29 is 13.9 Å². The van der Waals surface area contributed by atoms with E-state index >= 15 is 0 Å². The first-order valence-corrected chi connectivity index (χ1v) is 6.78. The highest BCUT2D eigenvalue weighted by Gasteiger charge is 2.09. The van der Waals surface area contributed by atoms with Crippen LogP contribution in [0.25, 0.3) is 0 Å². The Bertz CT molecular complexity index is 714. The average molecular weight is 351 g/mol. The van der Waals surface area contributed by atoms with Gasteiger partial charge in [0, 0.05) is 6.07 Å². The lowest BCUT2D eigenvalue weighted by Crippen LogP contribution is -2.00. The molecule has 0 saturated heterocycles. The number of nitrogens with zero attached hydrogens (tertiary/aromatic N) is 1. The summed E-state index contributed by atoms with van der Waals surface area (Å²) >= 11 is 3.05. The van der Waals surface area contributed by atoms with Crippen LogP contribution in [0.4, 0.5) is 10.1 Å². The second-order valence-corrected chi connectivity index (χ2v) is 5.09. The van der Waals surface area contributed by atoms with Crippen molar-refractivity contribution in [2.75, 3.05) is 12.8 Å². The van der Waals surface area contributed by atoms with Crippen molar-refractivity contribution in [1.29, 1.82) is 5.26 Å². The second kappa shape index (κ2) is 6.46. The summed E-state index contributed by atoms with van der Waals surface area (Å²) in [5.41, 5.74) is 7.26. The minimum atomic E-state index is -0.452. The number of ether oxygens (including phenoxy) is 2. The molecule has 6 heteroatoms. The number of nitrogens with two attached hydrogens (primary N) is 1. The SMILES string of the molecule is COc1ccc(COc2cc(F)c(Br)cc2N)cc1C#N. The van der Waals surface area contributed by atoms with Crippen LogP contribution in [0.5, 0.6) is 11.5 Å². The predicted octanol–water partition coefficient (Wildman–Crippen LogP) is 3.63. The molecule has 0 bridgehead atoms. The Kier molecular flexibility index (Phi) is 4.66. The van der Waals surface area contributed by atoms with Crippen molar-refractivity contribution >= 4 is 21.6 Å². The van der Waals surface area contributed by atoms with Crippen molar-refractivity contribution in [2.24, 2.45) is 0 Å². The van der Waals surface area contributed by atoms with E-state index in [2.05, 4.69) is 15.9 Å². The van der Waals surface area contributed by atoms with E-state index in [0.29, 0.717) is 17.0 Å². The smallest absolute Gasteiger partial charge is 0.145 e. The van der Waals surface area contributed by atoms with Gasteiger partial charge in [0.25, 0.3) is 0 Å². The Hall–Kier alpha value is -2.26. The zero-order chi connectivity index (χ0) is 15.4. The van der Waals surface area contributed by atoms with Crippen molar-refractivity contribution in [3.8, 4) is 17.6 Å². The fourth-order valence-electron chi connectivity index (χ4n) is 1.76. The Balaban J connectivity index is 2.17. The van der Waals surface area contributed by atoms with Crippen LogP contribution in [0, 0.1) is 17.1 Å².